The fraction of sp³-hybridized carbons (Fsp3) is 0.222. The number of carbonyl (C=O) groups is 1. The number of ether oxygens (including phenoxy) is 1. The first-order chi connectivity index (χ1) is 7.63. The maximum absolute atomic E-state index is 11.1. The van der Waals surface area contributed by atoms with Gasteiger partial charge in [-0.15, -0.1) is 21.5 Å². The van der Waals surface area contributed by atoms with Crippen LogP contribution in [0.5, 0.6) is 0 Å². The number of hydrogen-bond donors (Lipinski definition) is 0. The lowest BCUT2D eigenvalue weighted by Crippen LogP contribution is -2.00. The second-order valence-corrected chi connectivity index (χ2v) is 4.22. The molecule has 0 fully saturated rings. The molecule has 0 saturated heterocycles. The van der Waals surface area contributed by atoms with Gasteiger partial charge in [0.2, 0.25) is 0 Å². The van der Waals surface area contributed by atoms with Crippen LogP contribution in [0.4, 0.5) is 0 Å². The van der Waals surface area contributed by atoms with Gasteiger partial charge in [-0.25, -0.2) is 4.79 Å². The molecule has 84 valence electrons. The molecule has 2 aromatic heterocycles. The zero-order valence-corrected chi connectivity index (χ0v) is 10.1. The molecule has 0 aromatic carbocycles. The number of hydrogen-bond acceptors (Lipinski definition) is 6. The van der Waals surface area contributed by atoms with Crippen molar-refractivity contribution in [2.45, 2.75) is 6.92 Å². The molecule has 0 spiro atoms. The Morgan fingerprint density at radius 3 is 2.88 bits per heavy atom. The molecular formula is C9H7ClN2O3S. The van der Waals surface area contributed by atoms with Crippen molar-refractivity contribution in [2.24, 2.45) is 0 Å². The van der Waals surface area contributed by atoms with E-state index in [1.807, 2.05) is 12.3 Å². The van der Waals surface area contributed by atoms with E-state index in [1.54, 1.807) is 0 Å². The maximum Gasteiger partial charge on any atom is 0.396 e. The summed E-state index contributed by atoms with van der Waals surface area (Å²) < 4.78 is 9.60. The van der Waals surface area contributed by atoms with Gasteiger partial charge < -0.3 is 9.15 Å². The molecule has 0 aliphatic heterocycles. The van der Waals surface area contributed by atoms with E-state index in [0.717, 1.165) is 5.56 Å². The number of carbonyl (C=O) groups excluding carboxylic acids is 1. The maximum atomic E-state index is 11.1. The summed E-state index contributed by atoms with van der Waals surface area (Å²) in [6.45, 7) is 1.87. The molecule has 0 atom stereocenters. The van der Waals surface area contributed by atoms with Crippen LogP contribution in [0.3, 0.4) is 0 Å². The Morgan fingerprint density at radius 1 is 1.56 bits per heavy atom. The molecule has 0 aliphatic rings. The minimum absolute atomic E-state index is 0.181. The number of halogens is 1. The predicted octanol–water partition coefficient (Wildman–Crippen LogP) is 2.55. The van der Waals surface area contributed by atoms with Crippen molar-refractivity contribution in [3.05, 3.63) is 21.9 Å². The number of thiophene rings is 1. The Morgan fingerprint density at radius 2 is 2.31 bits per heavy atom. The van der Waals surface area contributed by atoms with Crippen LogP contribution in [-0.2, 0) is 4.74 Å². The number of rotatable bonds is 2. The van der Waals surface area contributed by atoms with E-state index in [0.29, 0.717) is 9.90 Å². The number of methoxy groups -OCH3 is 1. The van der Waals surface area contributed by atoms with E-state index in [1.165, 1.54) is 18.4 Å². The summed E-state index contributed by atoms with van der Waals surface area (Å²) >= 11 is 7.41. The Balaban J connectivity index is 2.39. The van der Waals surface area contributed by atoms with Crippen LogP contribution in [0.2, 0.25) is 5.02 Å². The summed E-state index contributed by atoms with van der Waals surface area (Å²) in [5.74, 6) is -0.619. The smallest absolute Gasteiger partial charge is 0.396 e. The summed E-state index contributed by atoms with van der Waals surface area (Å²) in [7, 11) is 1.24. The lowest BCUT2D eigenvalue weighted by molar-refractivity contribution is 0.0557. The first kappa shape index (κ1) is 11.1. The van der Waals surface area contributed by atoms with Crippen molar-refractivity contribution < 1.29 is 13.9 Å². The van der Waals surface area contributed by atoms with Crippen LogP contribution in [0, 0.1) is 6.92 Å². The highest BCUT2D eigenvalue weighted by Crippen LogP contribution is 2.35. The van der Waals surface area contributed by atoms with Gasteiger partial charge in [0.15, 0.2) is 0 Å². The van der Waals surface area contributed by atoms with E-state index in [2.05, 4.69) is 14.9 Å². The first-order valence-electron chi connectivity index (χ1n) is 4.29. The van der Waals surface area contributed by atoms with Gasteiger partial charge in [0, 0.05) is 0 Å². The zero-order chi connectivity index (χ0) is 11.7. The van der Waals surface area contributed by atoms with E-state index >= 15 is 0 Å². The molecule has 2 heterocycles. The lowest BCUT2D eigenvalue weighted by Gasteiger charge is -1.91. The van der Waals surface area contributed by atoms with E-state index in [4.69, 9.17) is 16.0 Å². The first-order valence-corrected chi connectivity index (χ1v) is 5.55. The molecule has 0 bridgehead atoms. The molecule has 0 amide bonds. The van der Waals surface area contributed by atoms with Gasteiger partial charge in [0.1, 0.15) is 4.88 Å². The van der Waals surface area contributed by atoms with E-state index in [9.17, 15) is 4.79 Å². The highest BCUT2D eigenvalue weighted by atomic mass is 35.5. The highest BCUT2D eigenvalue weighted by molar-refractivity contribution is 7.14. The van der Waals surface area contributed by atoms with Crippen molar-refractivity contribution in [3.63, 3.8) is 0 Å². The number of aryl methyl sites for hydroxylation is 1. The molecule has 0 N–H and O–H groups in total. The largest absolute Gasteiger partial charge is 0.462 e. The van der Waals surface area contributed by atoms with Crippen molar-refractivity contribution in [3.8, 4) is 10.8 Å². The highest BCUT2D eigenvalue weighted by Gasteiger charge is 2.19. The summed E-state index contributed by atoms with van der Waals surface area (Å²) in [5.41, 5.74) is 0.930. The van der Waals surface area contributed by atoms with E-state index < -0.39 is 5.97 Å². The van der Waals surface area contributed by atoms with Crippen LogP contribution in [-0.4, -0.2) is 23.3 Å². The molecular weight excluding hydrogens is 252 g/mol. The van der Waals surface area contributed by atoms with Crippen LogP contribution >= 0.6 is 22.9 Å². The molecule has 0 radical (unpaired) electrons. The number of nitrogens with zero attached hydrogens (tertiary/aromatic N) is 2. The SMILES string of the molecule is COC(=O)c1nnc(-c2scc(C)c2Cl)o1. The fourth-order valence-electron chi connectivity index (χ4n) is 1.06. The molecule has 2 aromatic rings. The molecule has 7 heteroatoms. The normalized spacial score (nSPS) is 10.4. The third-order valence-corrected chi connectivity index (χ3v) is 3.56. The van der Waals surface area contributed by atoms with Gasteiger partial charge in [0.25, 0.3) is 5.89 Å². The second kappa shape index (κ2) is 4.23. The molecule has 0 unspecified atom stereocenters. The van der Waals surface area contributed by atoms with E-state index in [-0.39, 0.29) is 11.8 Å². The van der Waals surface area contributed by atoms with Crippen LogP contribution in [0.15, 0.2) is 9.80 Å². The fourth-order valence-corrected chi connectivity index (χ4v) is 2.25. The number of aromatic nitrogens is 2. The van der Waals surface area contributed by atoms with Crippen LogP contribution in [0.1, 0.15) is 16.2 Å². The Bertz CT molecular complexity index is 535. The lowest BCUT2D eigenvalue weighted by atomic mass is 10.3. The van der Waals surface area contributed by atoms with Gasteiger partial charge in [-0.2, -0.15) is 0 Å². The second-order valence-electron chi connectivity index (χ2n) is 2.97. The molecule has 0 saturated carbocycles. The van der Waals surface area contributed by atoms with Gasteiger partial charge in [-0.3, -0.25) is 0 Å². The summed E-state index contributed by atoms with van der Waals surface area (Å²) in [6, 6.07) is 0. The van der Waals surface area contributed by atoms with Gasteiger partial charge in [0.05, 0.1) is 12.1 Å². The molecule has 0 aliphatic carbocycles. The summed E-state index contributed by atoms with van der Waals surface area (Å²) in [4.78, 5) is 11.8. The average molecular weight is 259 g/mol. The average Bonchev–Trinajstić information content (AvgIpc) is 2.87. The summed E-state index contributed by atoms with van der Waals surface area (Å²) in [5, 5.41) is 9.74. The molecule has 5 nitrogen and oxygen atoms in total. The topological polar surface area (TPSA) is 65.2 Å². The third-order valence-electron chi connectivity index (χ3n) is 1.88. The zero-order valence-electron chi connectivity index (χ0n) is 8.48. The third kappa shape index (κ3) is 1.81. The monoisotopic (exact) mass is 258 g/mol. The quantitative estimate of drug-likeness (QED) is 0.775. The molecule has 2 rings (SSSR count). The predicted molar refractivity (Wildman–Crippen MR) is 58.7 cm³/mol. The van der Waals surface area contributed by atoms with Crippen molar-refractivity contribution in [1.82, 2.24) is 10.2 Å². The summed E-state index contributed by atoms with van der Waals surface area (Å²) in [6.07, 6.45) is 0. The minimum atomic E-state index is -0.664. The van der Waals surface area contributed by atoms with Gasteiger partial charge in [-0.1, -0.05) is 11.6 Å². The van der Waals surface area contributed by atoms with Crippen LogP contribution in [0.25, 0.3) is 10.8 Å². The van der Waals surface area contributed by atoms with Crippen molar-refractivity contribution in [2.75, 3.05) is 7.11 Å². The van der Waals surface area contributed by atoms with Crippen molar-refractivity contribution >= 4 is 28.9 Å². The molecule has 16 heavy (non-hydrogen) atoms. The Hall–Kier alpha value is -1.40. The standard InChI is InChI=1S/C9H7ClN2O3S/c1-4-3-16-6(5(4)10)7-11-12-8(15-7)9(13)14-2/h3H,1-2H3. The van der Waals surface area contributed by atoms with Gasteiger partial charge >= 0.3 is 11.9 Å². The van der Waals surface area contributed by atoms with Crippen LogP contribution < -0.4 is 0 Å². The Kier molecular flexibility index (Phi) is 2.93. The van der Waals surface area contributed by atoms with Gasteiger partial charge in [-0.05, 0) is 17.9 Å². The Labute approximate surface area is 100 Å². The number of esters is 1. The van der Waals surface area contributed by atoms with Crippen molar-refractivity contribution in [1.29, 1.82) is 0 Å². The minimum Gasteiger partial charge on any atom is -0.462 e.